The fourth-order valence-electron chi connectivity index (χ4n) is 2.58. The molecule has 0 saturated carbocycles. The number of likely N-dealkylation sites (tertiary alicyclic amines) is 1. The molecule has 0 bridgehead atoms. The monoisotopic (exact) mass is 242 g/mol. The predicted octanol–water partition coefficient (Wildman–Crippen LogP) is 1.14. The van der Waals surface area contributed by atoms with Crippen molar-refractivity contribution in [3.63, 3.8) is 0 Å². The molecule has 1 aliphatic rings. The lowest BCUT2D eigenvalue weighted by molar-refractivity contribution is -0.127. The lowest BCUT2D eigenvalue weighted by Crippen LogP contribution is -2.50. The Balaban J connectivity index is 2.45. The summed E-state index contributed by atoms with van der Waals surface area (Å²) in [7, 11) is 0. The van der Waals surface area contributed by atoms with Crippen molar-refractivity contribution in [3.8, 4) is 0 Å². The highest BCUT2D eigenvalue weighted by Crippen LogP contribution is 2.19. The number of aliphatic hydroxyl groups is 1. The molecule has 1 saturated heterocycles. The van der Waals surface area contributed by atoms with Crippen molar-refractivity contribution in [2.45, 2.75) is 64.6 Å². The van der Waals surface area contributed by atoms with Crippen molar-refractivity contribution < 1.29 is 9.90 Å². The van der Waals surface area contributed by atoms with Gasteiger partial charge in [0, 0.05) is 12.1 Å². The highest BCUT2D eigenvalue weighted by atomic mass is 16.3. The van der Waals surface area contributed by atoms with E-state index in [0.29, 0.717) is 0 Å². The highest BCUT2D eigenvalue weighted by molar-refractivity contribution is 5.81. The SMILES string of the molecule is CCCC(C)NC(=O)C(C)N1CCCC1CO. The van der Waals surface area contributed by atoms with Gasteiger partial charge >= 0.3 is 0 Å². The van der Waals surface area contributed by atoms with Crippen LogP contribution in [-0.4, -0.2) is 47.2 Å². The van der Waals surface area contributed by atoms with Crippen LogP contribution in [0.5, 0.6) is 0 Å². The number of carbonyl (C=O) groups excluding carboxylic acids is 1. The Bertz CT molecular complexity index is 246. The maximum Gasteiger partial charge on any atom is 0.237 e. The van der Waals surface area contributed by atoms with E-state index in [4.69, 9.17) is 0 Å². The normalized spacial score (nSPS) is 24.6. The smallest absolute Gasteiger partial charge is 0.237 e. The molecule has 17 heavy (non-hydrogen) atoms. The van der Waals surface area contributed by atoms with Crippen LogP contribution in [-0.2, 0) is 4.79 Å². The number of hydrogen-bond donors (Lipinski definition) is 2. The maximum absolute atomic E-state index is 12.0. The summed E-state index contributed by atoms with van der Waals surface area (Å²) in [6.07, 6.45) is 4.17. The Morgan fingerprint density at radius 3 is 2.82 bits per heavy atom. The van der Waals surface area contributed by atoms with E-state index in [0.717, 1.165) is 32.2 Å². The van der Waals surface area contributed by atoms with E-state index >= 15 is 0 Å². The summed E-state index contributed by atoms with van der Waals surface area (Å²) in [5, 5.41) is 12.3. The first-order chi connectivity index (χ1) is 8.10. The molecule has 1 amide bonds. The molecule has 1 rings (SSSR count). The molecule has 100 valence electrons. The average Bonchev–Trinajstić information content (AvgIpc) is 2.76. The van der Waals surface area contributed by atoms with Crippen molar-refractivity contribution in [1.82, 2.24) is 10.2 Å². The summed E-state index contributed by atoms with van der Waals surface area (Å²) in [5.41, 5.74) is 0. The van der Waals surface area contributed by atoms with E-state index in [2.05, 4.69) is 17.1 Å². The number of nitrogens with one attached hydrogen (secondary N) is 1. The summed E-state index contributed by atoms with van der Waals surface area (Å²) in [4.78, 5) is 14.2. The molecule has 0 spiro atoms. The van der Waals surface area contributed by atoms with Crippen molar-refractivity contribution >= 4 is 5.91 Å². The van der Waals surface area contributed by atoms with Crippen molar-refractivity contribution in [3.05, 3.63) is 0 Å². The first-order valence-corrected chi connectivity index (χ1v) is 6.77. The second-order valence-electron chi connectivity index (χ2n) is 5.09. The predicted molar refractivity (Wildman–Crippen MR) is 68.8 cm³/mol. The van der Waals surface area contributed by atoms with Crippen LogP contribution in [0.4, 0.5) is 0 Å². The van der Waals surface area contributed by atoms with E-state index < -0.39 is 0 Å². The lowest BCUT2D eigenvalue weighted by atomic mass is 10.1. The third-order valence-corrected chi connectivity index (χ3v) is 3.62. The van der Waals surface area contributed by atoms with Crippen LogP contribution in [0.3, 0.4) is 0 Å². The molecule has 1 aliphatic heterocycles. The van der Waals surface area contributed by atoms with Gasteiger partial charge in [-0.3, -0.25) is 9.69 Å². The largest absolute Gasteiger partial charge is 0.395 e. The average molecular weight is 242 g/mol. The van der Waals surface area contributed by atoms with E-state index in [-0.39, 0.29) is 30.6 Å². The van der Waals surface area contributed by atoms with E-state index in [9.17, 15) is 9.90 Å². The summed E-state index contributed by atoms with van der Waals surface area (Å²) in [5.74, 6) is 0.0892. The number of aliphatic hydroxyl groups excluding tert-OH is 1. The fraction of sp³-hybridized carbons (Fsp3) is 0.923. The van der Waals surface area contributed by atoms with Gasteiger partial charge in [0.05, 0.1) is 12.6 Å². The van der Waals surface area contributed by atoms with Gasteiger partial charge in [-0.1, -0.05) is 13.3 Å². The van der Waals surface area contributed by atoms with E-state index in [1.54, 1.807) is 0 Å². The van der Waals surface area contributed by atoms with Gasteiger partial charge in [0.15, 0.2) is 0 Å². The Hall–Kier alpha value is -0.610. The molecule has 3 unspecified atom stereocenters. The molecule has 4 heteroatoms. The summed E-state index contributed by atoms with van der Waals surface area (Å²) < 4.78 is 0. The highest BCUT2D eigenvalue weighted by Gasteiger charge is 2.31. The lowest BCUT2D eigenvalue weighted by Gasteiger charge is -2.29. The minimum absolute atomic E-state index is 0.0892. The first-order valence-electron chi connectivity index (χ1n) is 6.77. The molecule has 0 aliphatic carbocycles. The molecular weight excluding hydrogens is 216 g/mol. The van der Waals surface area contributed by atoms with Gasteiger partial charge in [0.2, 0.25) is 5.91 Å². The van der Waals surface area contributed by atoms with Crippen LogP contribution < -0.4 is 5.32 Å². The number of carbonyl (C=O) groups is 1. The van der Waals surface area contributed by atoms with Crippen LogP contribution in [0.2, 0.25) is 0 Å². The second-order valence-corrected chi connectivity index (χ2v) is 5.09. The summed E-state index contributed by atoms with van der Waals surface area (Å²) >= 11 is 0. The Morgan fingerprint density at radius 2 is 2.24 bits per heavy atom. The van der Waals surface area contributed by atoms with Crippen LogP contribution in [0.1, 0.15) is 46.5 Å². The minimum atomic E-state index is -0.131. The standard InChI is InChI=1S/C13H26N2O2/c1-4-6-10(2)14-13(17)11(3)15-8-5-7-12(15)9-16/h10-12,16H,4-9H2,1-3H3,(H,14,17). The molecule has 1 heterocycles. The summed E-state index contributed by atoms with van der Waals surface area (Å²) in [6.45, 7) is 7.17. The van der Waals surface area contributed by atoms with E-state index in [1.807, 2.05) is 13.8 Å². The quantitative estimate of drug-likeness (QED) is 0.734. The Morgan fingerprint density at radius 1 is 1.53 bits per heavy atom. The van der Waals surface area contributed by atoms with Gasteiger partial charge in [0.25, 0.3) is 0 Å². The molecule has 0 radical (unpaired) electrons. The van der Waals surface area contributed by atoms with Crippen molar-refractivity contribution in [1.29, 1.82) is 0 Å². The second kappa shape index (κ2) is 6.97. The molecular formula is C13H26N2O2. The third kappa shape index (κ3) is 3.96. The van der Waals surface area contributed by atoms with Crippen LogP contribution in [0.15, 0.2) is 0 Å². The maximum atomic E-state index is 12.0. The van der Waals surface area contributed by atoms with Crippen LogP contribution >= 0.6 is 0 Å². The third-order valence-electron chi connectivity index (χ3n) is 3.62. The molecule has 2 N–H and O–H groups in total. The molecule has 4 nitrogen and oxygen atoms in total. The molecule has 0 aromatic heterocycles. The van der Waals surface area contributed by atoms with Gasteiger partial charge in [-0.2, -0.15) is 0 Å². The van der Waals surface area contributed by atoms with Crippen LogP contribution in [0, 0.1) is 0 Å². The van der Waals surface area contributed by atoms with Gasteiger partial charge < -0.3 is 10.4 Å². The van der Waals surface area contributed by atoms with Crippen molar-refractivity contribution in [2.24, 2.45) is 0 Å². The fourth-order valence-corrected chi connectivity index (χ4v) is 2.58. The zero-order valence-corrected chi connectivity index (χ0v) is 11.3. The van der Waals surface area contributed by atoms with Crippen LogP contribution in [0.25, 0.3) is 0 Å². The number of rotatable bonds is 6. The zero-order valence-electron chi connectivity index (χ0n) is 11.3. The number of amides is 1. The molecule has 0 aromatic rings. The van der Waals surface area contributed by atoms with Gasteiger partial charge in [-0.15, -0.1) is 0 Å². The van der Waals surface area contributed by atoms with Crippen molar-refractivity contribution in [2.75, 3.05) is 13.2 Å². The Labute approximate surface area is 104 Å². The van der Waals surface area contributed by atoms with E-state index in [1.165, 1.54) is 0 Å². The first kappa shape index (κ1) is 14.5. The minimum Gasteiger partial charge on any atom is -0.395 e. The van der Waals surface area contributed by atoms with Gasteiger partial charge in [-0.25, -0.2) is 0 Å². The zero-order chi connectivity index (χ0) is 12.8. The Kier molecular flexibility index (Phi) is 5.92. The number of hydrogen-bond acceptors (Lipinski definition) is 3. The summed E-state index contributed by atoms with van der Waals surface area (Å²) in [6, 6.07) is 0.274. The number of nitrogens with zero attached hydrogens (tertiary/aromatic N) is 1. The molecule has 3 atom stereocenters. The van der Waals surface area contributed by atoms with Gasteiger partial charge in [-0.05, 0) is 39.7 Å². The van der Waals surface area contributed by atoms with Gasteiger partial charge in [0.1, 0.15) is 0 Å². The molecule has 0 aromatic carbocycles. The topological polar surface area (TPSA) is 52.6 Å². The molecule has 1 fully saturated rings.